The van der Waals surface area contributed by atoms with Crippen LogP contribution in [-0.4, -0.2) is 13.7 Å². The molecule has 0 amide bonds. The van der Waals surface area contributed by atoms with Crippen LogP contribution in [0.4, 0.5) is 0 Å². The highest BCUT2D eigenvalue weighted by Gasteiger charge is 2.15. The second-order valence-electron chi connectivity index (χ2n) is 4.84. The van der Waals surface area contributed by atoms with Crippen molar-refractivity contribution in [2.45, 2.75) is 26.8 Å². The quantitative estimate of drug-likeness (QED) is 0.803. The summed E-state index contributed by atoms with van der Waals surface area (Å²) in [6, 6.07) is 7.89. The molecule has 0 heterocycles. The Labute approximate surface area is 114 Å². The van der Waals surface area contributed by atoms with Crippen molar-refractivity contribution in [1.29, 1.82) is 5.26 Å². The predicted molar refractivity (Wildman–Crippen MR) is 73.7 cm³/mol. The lowest BCUT2D eigenvalue weighted by Crippen LogP contribution is -2.21. The van der Waals surface area contributed by atoms with Gasteiger partial charge in [-0.3, -0.25) is 0 Å². The first-order chi connectivity index (χ1) is 8.50. The molecule has 1 aromatic carbocycles. The summed E-state index contributed by atoms with van der Waals surface area (Å²) >= 11 is 6.13. The summed E-state index contributed by atoms with van der Waals surface area (Å²) in [7, 11) is 1.63. The van der Waals surface area contributed by atoms with Crippen molar-refractivity contribution in [1.82, 2.24) is 5.32 Å². The van der Waals surface area contributed by atoms with Crippen LogP contribution in [0.25, 0.3) is 0 Å². The number of nitriles is 1. The smallest absolute Gasteiger partial charge is 0.124 e. The molecule has 1 rings (SSSR count). The highest BCUT2D eigenvalue weighted by atomic mass is 35.5. The van der Waals surface area contributed by atoms with E-state index >= 15 is 0 Å². The van der Waals surface area contributed by atoms with Gasteiger partial charge in [-0.05, 0) is 38.9 Å². The van der Waals surface area contributed by atoms with E-state index in [1.54, 1.807) is 7.11 Å². The molecule has 18 heavy (non-hydrogen) atoms. The van der Waals surface area contributed by atoms with Gasteiger partial charge < -0.3 is 10.1 Å². The topological polar surface area (TPSA) is 45.0 Å². The Morgan fingerprint density at radius 2 is 2.17 bits per heavy atom. The molecule has 1 N–H and O–H groups in total. The Kier molecular flexibility index (Phi) is 5.46. The summed E-state index contributed by atoms with van der Waals surface area (Å²) < 4.78 is 5.27. The van der Waals surface area contributed by atoms with Gasteiger partial charge in [-0.2, -0.15) is 5.26 Å². The summed E-state index contributed by atoms with van der Waals surface area (Å²) in [6.45, 7) is 5.29. The van der Waals surface area contributed by atoms with Gasteiger partial charge in [0, 0.05) is 17.1 Å². The Morgan fingerprint density at radius 3 is 2.78 bits per heavy atom. The molecule has 0 saturated carbocycles. The number of nitrogens with zero attached hydrogens (tertiary/aromatic N) is 1. The first-order valence-corrected chi connectivity index (χ1v) is 6.31. The van der Waals surface area contributed by atoms with E-state index in [4.69, 9.17) is 21.6 Å². The van der Waals surface area contributed by atoms with E-state index in [1.807, 2.05) is 32.0 Å². The third-order valence-electron chi connectivity index (χ3n) is 2.83. The molecule has 4 heteroatoms. The Balaban J connectivity index is 2.52. The minimum absolute atomic E-state index is 0.294. The summed E-state index contributed by atoms with van der Waals surface area (Å²) in [5, 5.41) is 12.9. The van der Waals surface area contributed by atoms with Crippen molar-refractivity contribution in [2.24, 2.45) is 5.41 Å². The first kappa shape index (κ1) is 14.8. The van der Waals surface area contributed by atoms with Crippen LogP contribution in [0.5, 0.6) is 5.75 Å². The number of ether oxygens (including phenoxy) is 1. The zero-order valence-corrected chi connectivity index (χ0v) is 11.8. The Bertz CT molecular complexity index is 438. The van der Waals surface area contributed by atoms with Gasteiger partial charge in [-0.25, -0.2) is 0 Å². The van der Waals surface area contributed by atoms with E-state index in [1.165, 1.54) is 0 Å². The van der Waals surface area contributed by atoms with Crippen LogP contribution in [0, 0.1) is 16.7 Å². The van der Waals surface area contributed by atoms with Gasteiger partial charge in [0.2, 0.25) is 0 Å². The number of halogens is 1. The molecule has 0 unspecified atom stereocenters. The van der Waals surface area contributed by atoms with Gasteiger partial charge in [-0.1, -0.05) is 17.7 Å². The maximum absolute atomic E-state index is 8.92. The number of benzene rings is 1. The number of nitrogens with one attached hydrogen (secondary N) is 1. The molecule has 1 aromatic rings. The lowest BCUT2D eigenvalue weighted by atomic mass is 9.91. The average molecular weight is 267 g/mol. The Hall–Kier alpha value is -1.24. The highest BCUT2D eigenvalue weighted by molar-refractivity contribution is 6.31. The van der Waals surface area contributed by atoms with Crippen LogP contribution in [0.3, 0.4) is 0 Å². The molecule has 0 saturated heterocycles. The van der Waals surface area contributed by atoms with Crippen molar-refractivity contribution in [3.05, 3.63) is 28.8 Å². The molecule has 0 aromatic heterocycles. The highest BCUT2D eigenvalue weighted by Crippen LogP contribution is 2.26. The second-order valence-corrected chi connectivity index (χ2v) is 5.25. The molecular formula is C14H19ClN2O. The fourth-order valence-electron chi connectivity index (χ4n) is 1.57. The number of methoxy groups -OCH3 is 1. The maximum atomic E-state index is 8.92. The van der Waals surface area contributed by atoms with Gasteiger partial charge in [0.05, 0.1) is 18.6 Å². The first-order valence-electron chi connectivity index (χ1n) is 5.93. The third kappa shape index (κ3) is 4.21. The van der Waals surface area contributed by atoms with E-state index < -0.39 is 0 Å². The summed E-state index contributed by atoms with van der Waals surface area (Å²) in [6.07, 6.45) is 0.802. The zero-order chi connectivity index (χ0) is 13.6. The van der Waals surface area contributed by atoms with E-state index in [0.29, 0.717) is 11.6 Å². The number of hydrogen-bond acceptors (Lipinski definition) is 3. The van der Waals surface area contributed by atoms with Crippen LogP contribution < -0.4 is 10.1 Å². The molecule has 0 aliphatic carbocycles. The fraction of sp³-hybridized carbons (Fsp3) is 0.500. The molecule has 98 valence electrons. The van der Waals surface area contributed by atoms with Crippen LogP contribution >= 0.6 is 11.6 Å². The van der Waals surface area contributed by atoms with Gasteiger partial charge in [-0.15, -0.1) is 0 Å². The monoisotopic (exact) mass is 266 g/mol. The van der Waals surface area contributed by atoms with Gasteiger partial charge in [0.25, 0.3) is 0 Å². The summed E-state index contributed by atoms with van der Waals surface area (Å²) in [4.78, 5) is 0. The second kappa shape index (κ2) is 6.63. The normalized spacial score (nSPS) is 11.1. The van der Waals surface area contributed by atoms with Gasteiger partial charge in [0.1, 0.15) is 5.75 Å². The third-order valence-corrected chi connectivity index (χ3v) is 3.18. The molecule has 0 aliphatic heterocycles. The molecule has 0 atom stereocenters. The van der Waals surface area contributed by atoms with Crippen LogP contribution in [0.1, 0.15) is 25.8 Å². The summed E-state index contributed by atoms with van der Waals surface area (Å²) in [5.41, 5.74) is 0.661. The van der Waals surface area contributed by atoms with E-state index in [9.17, 15) is 0 Å². The molecule has 3 nitrogen and oxygen atoms in total. The van der Waals surface area contributed by atoms with Crippen molar-refractivity contribution >= 4 is 11.6 Å². The van der Waals surface area contributed by atoms with E-state index in [2.05, 4.69) is 11.4 Å². The molecular weight excluding hydrogens is 248 g/mol. The molecule has 0 aliphatic rings. The standard InChI is InChI=1S/C14H19ClN2O/c1-14(2,10-16)7-8-17-9-11-12(15)5-4-6-13(11)18-3/h4-6,17H,7-9H2,1-3H3. The Morgan fingerprint density at radius 1 is 1.44 bits per heavy atom. The van der Waals surface area contributed by atoms with Crippen LogP contribution in [0.2, 0.25) is 5.02 Å². The number of hydrogen-bond donors (Lipinski definition) is 1. The van der Waals surface area contributed by atoms with Gasteiger partial charge in [0.15, 0.2) is 0 Å². The van der Waals surface area contributed by atoms with Crippen molar-refractivity contribution in [3.63, 3.8) is 0 Å². The largest absolute Gasteiger partial charge is 0.496 e. The van der Waals surface area contributed by atoms with Crippen molar-refractivity contribution in [3.8, 4) is 11.8 Å². The minimum atomic E-state index is -0.294. The van der Waals surface area contributed by atoms with Crippen molar-refractivity contribution in [2.75, 3.05) is 13.7 Å². The van der Waals surface area contributed by atoms with Crippen molar-refractivity contribution < 1.29 is 4.74 Å². The fourth-order valence-corrected chi connectivity index (χ4v) is 1.80. The van der Waals surface area contributed by atoms with E-state index in [-0.39, 0.29) is 5.41 Å². The minimum Gasteiger partial charge on any atom is -0.496 e. The van der Waals surface area contributed by atoms with Crippen LogP contribution in [0.15, 0.2) is 18.2 Å². The average Bonchev–Trinajstić information content (AvgIpc) is 2.36. The van der Waals surface area contributed by atoms with E-state index in [0.717, 1.165) is 24.3 Å². The zero-order valence-electron chi connectivity index (χ0n) is 11.1. The lowest BCUT2D eigenvalue weighted by molar-refractivity contribution is 0.403. The number of rotatable bonds is 6. The molecule has 0 bridgehead atoms. The molecule has 0 radical (unpaired) electrons. The summed E-state index contributed by atoms with van der Waals surface area (Å²) in [5.74, 6) is 0.787. The van der Waals surface area contributed by atoms with Crippen LogP contribution in [-0.2, 0) is 6.54 Å². The SMILES string of the molecule is COc1cccc(Cl)c1CNCCC(C)(C)C#N. The maximum Gasteiger partial charge on any atom is 0.124 e. The molecule has 0 fully saturated rings. The predicted octanol–water partition coefficient (Wildman–Crippen LogP) is 3.38. The van der Waals surface area contributed by atoms with Gasteiger partial charge >= 0.3 is 0 Å². The molecule has 0 spiro atoms. The lowest BCUT2D eigenvalue weighted by Gasteiger charge is -2.16.